The van der Waals surface area contributed by atoms with Gasteiger partial charge in [0.2, 0.25) is 11.7 Å². The van der Waals surface area contributed by atoms with Crippen LogP contribution in [0.1, 0.15) is 135 Å². The fourth-order valence-corrected chi connectivity index (χ4v) is 8.05. The third-order valence-corrected chi connectivity index (χ3v) is 11.4. The van der Waals surface area contributed by atoms with Gasteiger partial charge in [-0.1, -0.05) is 66.7 Å². The van der Waals surface area contributed by atoms with Gasteiger partial charge in [-0.05, 0) is 68.1 Å². The number of nitrogens with one attached hydrogen (secondary N) is 1. The number of hydrogen-bond acceptors (Lipinski definition) is 8. The summed E-state index contributed by atoms with van der Waals surface area (Å²) in [6, 6.07) is -1.45. The van der Waals surface area contributed by atoms with Crippen LogP contribution in [0.15, 0.2) is 18.6 Å². The number of ketones is 4. The summed E-state index contributed by atoms with van der Waals surface area (Å²) >= 11 is 0. The molecule has 1 aromatic rings. The lowest BCUT2D eigenvalue weighted by Gasteiger charge is -2.35. The SMILES string of the molecule is CCCC(CC(=O)[C@@H]1[C@@H](C(C)CC)CCN1C(=O)[C@@H](CC(=O)[C@@H](NC(=O)c1cnccn1)C1CCCCC1)C(C)C)C(=O)C(=O)CC1CC1. The predicted molar refractivity (Wildman–Crippen MR) is 186 cm³/mol. The zero-order valence-electron chi connectivity index (χ0n) is 30.3. The number of hydrogen-bond donors (Lipinski definition) is 1. The van der Waals surface area contributed by atoms with Gasteiger partial charge in [-0.25, -0.2) is 4.98 Å². The topological polar surface area (TPSA) is 143 Å². The Labute approximate surface area is 292 Å². The molecule has 2 saturated carbocycles. The van der Waals surface area contributed by atoms with E-state index < -0.39 is 35.6 Å². The minimum Gasteiger partial charge on any atom is -0.341 e. The zero-order valence-corrected chi connectivity index (χ0v) is 30.3. The van der Waals surface area contributed by atoms with Crippen LogP contribution in [0.3, 0.4) is 0 Å². The molecule has 1 saturated heterocycles. The standard InChI is InChI=1S/C39H58N4O6/c1-6-11-28(37(47)34(46)20-26-14-15-26)21-33(45)36-29(25(5)7-2)16-19-43(36)39(49)30(24(3)4)22-32(44)35(27-12-9-8-10-13-27)42-38(48)31-23-40-17-18-41-31/h17-18,23-30,35-36H,6-16,19-22H2,1-5H3,(H,42,48)/t25?,28?,29-,30+,35+,36+/m1/s1. The minimum absolute atomic E-state index is 0.0312. The fraction of sp³-hybridized carbons (Fsp3) is 0.744. The molecular weight excluding hydrogens is 620 g/mol. The molecule has 1 aromatic heterocycles. The smallest absolute Gasteiger partial charge is 0.272 e. The summed E-state index contributed by atoms with van der Waals surface area (Å²) in [7, 11) is 0. The average molecular weight is 679 g/mol. The molecule has 4 rings (SSSR count). The maximum Gasteiger partial charge on any atom is 0.272 e. The Morgan fingerprint density at radius 3 is 2.22 bits per heavy atom. The number of carbonyl (C=O) groups is 6. The molecule has 3 aliphatic rings. The monoisotopic (exact) mass is 678 g/mol. The lowest BCUT2D eigenvalue weighted by atomic mass is 9.78. The van der Waals surface area contributed by atoms with E-state index in [1.807, 2.05) is 20.8 Å². The van der Waals surface area contributed by atoms with Gasteiger partial charge in [0, 0.05) is 50.0 Å². The third-order valence-electron chi connectivity index (χ3n) is 11.4. The Morgan fingerprint density at radius 1 is 0.918 bits per heavy atom. The van der Waals surface area contributed by atoms with Gasteiger partial charge in [-0.3, -0.25) is 33.8 Å². The van der Waals surface area contributed by atoms with E-state index in [-0.39, 0.29) is 71.9 Å². The van der Waals surface area contributed by atoms with E-state index in [4.69, 9.17) is 0 Å². The maximum absolute atomic E-state index is 14.5. The first-order valence-corrected chi connectivity index (χ1v) is 19.0. The minimum atomic E-state index is -0.748. The summed E-state index contributed by atoms with van der Waals surface area (Å²) < 4.78 is 0. The fourth-order valence-electron chi connectivity index (χ4n) is 8.05. The molecule has 49 heavy (non-hydrogen) atoms. The van der Waals surface area contributed by atoms with Crippen LogP contribution in [0, 0.1) is 41.4 Å². The van der Waals surface area contributed by atoms with E-state index in [9.17, 15) is 28.8 Å². The van der Waals surface area contributed by atoms with Crippen LogP contribution in [0.5, 0.6) is 0 Å². The van der Waals surface area contributed by atoms with Crippen LogP contribution in [0.2, 0.25) is 0 Å². The molecule has 1 N–H and O–H groups in total. The van der Waals surface area contributed by atoms with Crippen LogP contribution < -0.4 is 5.32 Å². The van der Waals surface area contributed by atoms with Crippen molar-refractivity contribution in [3.05, 3.63) is 24.3 Å². The third kappa shape index (κ3) is 10.1. The molecule has 10 heteroatoms. The Morgan fingerprint density at radius 2 is 1.63 bits per heavy atom. The second kappa shape index (κ2) is 18.1. The normalized spacial score (nSPS) is 22.3. The van der Waals surface area contributed by atoms with Gasteiger partial charge in [0.05, 0.1) is 18.3 Å². The van der Waals surface area contributed by atoms with Crippen molar-refractivity contribution in [3.8, 4) is 0 Å². The summed E-state index contributed by atoms with van der Waals surface area (Å²) in [6.07, 6.45) is 13.7. The molecule has 2 amide bonds. The van der Waals surface area contributed by atoms with Crippen LogP contribution >= 0.6 is 0 Å². The first-order chi connectivity index (χ1) is 23.5. The highest BCUT2D eigenvalue weighted by molar-refractivity contribution is 6.38. The Hall–Kier alpha value is -3.30. The highest BCUT2D eigenvalue weighted by Crippen LogP contribution is 2.38. The molecule has 0 radical (unpaired) electrons. The maximum atomic E-state index is 14.5. The van der Waals surface area contributed by atoms with E-state index in [0.717, 1.165) is 51.4 Å². The summed E-state index contributed by atoms with van der Waals surface area (Å²) in [5, 5.41) is 2.95. The molecule has 6 atom stereocenters. The summed E-state index contributed by atoms with van der Waals surface area (Å²) in [4.78, 5) is 91.9. The summed E-state index contributed by atoms with van der Waals surface area (Å²) in [5.74, 6) is -3.00. The molecule has 1 aliphatic heterocycles. The van der Waals surface area contributed by atoms with Crippen LogP contribution in [0.4, 0.5) is 0 Å². The first kappa shape index (κ1) is 38.5. The van der Waals surface area contributed by atoms with Crippen molar-refractivity contribution < 1.29 is 28.8 Å². The highest BCUT2D eigenvalue weighted by Gasteiger charge is 2.47. The Balaban J connectivity index is 1.55. The van der Waals surface area contributed by atoms with Crippen LogP contribution in [-0.2, 0) is 24.0 Å². The molecule has 10 nitrogen and oxygen atoms in total. The van der Waals surface area contributed by atoms with Gasteiger partial charge < -0.3 is 10.2 Å². The number of carbonyl (C=O) groups excluding carboxylic acids is 6. The summed E-state index contributed by atoms with van der Waals surface area (Å²) in [6.45, 7) is 10.4. The number of amides is 2. The van der Waals surface area contributed by atoms with E-state index in [1.165, 1.54) is 18.6 Å². The predicted octanol–water partition coefficient (Wildman–Crippen LogP) is 5.96. The molecular formula is C39H58N4O6. The zero-order chi connectivity index (χ0) is 35.7. The van der Waals surface area contributed by atoms with Crippen molar-refractivity contribution in [2.45, 2.75) is 137 Å². The molecule has 0 aromatic carbocycles. The van der Waals surface area contributed by atoms with E-state index >= 15 is 0 Å². The Kier molecular flexibility index (Phi) is 14.2. The number of nitrogens with zero attached hydrogens (tertiary/aromatic N) is 3. The van der Waals surface area contributed by atoms with Crippen LogP contribution in [-0.4, -0.2) is 68.4 Å². The van der Waals surface area contributed by atoms with Gasteiger partial charge >= 0.3 is 0 Å². The van der Waals surface area contributed by atoms with Gasteiger partial charge in [0.1, 0.15) is 5.69 Å². The average Bonchev–Trinajstić information content (AvgIpc) is 3.81. The van der Waals surface area contributed by atoms with Crippen molar-refractivity contribution in [3.63, 3.8) is 0 Å². The van der Waals surface area contributed by atoms with Gasteiger partial charge in [0.25, 0.3) is 5.91 Å². The number of aromatic nitrogens is 2. The molecule has 2 aliphatic carbocycles. The lowest BCUT2D eigenvalue weighted by molar-refractivity contribution is -0.146. The van der Waals surface area contributed by atoms with E-state index in [2.05, 4.69) is 29.1 Å². The summed E-state index contributed by atoms with van der Waals surface area (Å²) in [5.41, 5.74) is 0.135. The molecule has 3 fully saturated rings. The lowest BCUT2D eigenvalue weighted by Crippen LogP contribution is -2.51. The second-order valence-corrected chi connectivity index (χ2v) is 15.4. The van der Waals surface area contributed by atoms with Gasteiger partial charge in [0.15, 0.2) is 17.3 Å². The second-order valence-electron chi connectivity index (χ2n) is 15.4. The largest absolute Gasteiger partial charge is 0.341 e. The van der Waals surface area contributed by atoms with Crippen molar-refractivity contribution >= 4 is 34.9 Å². The first-order valence-electron chi connectivity index (χ1n) is 19.0. The quantitative estimate of drug-likeness (QED) is 0.177. The number of likely N-dealkylation sites (tertiary alicyclic amines) is 1. The molecule has 0 bridgehead atoms. The molecule has 2 unspecified atom stereocenters. The number of Topliss-reactive ketones (excluding diaryl/α,β-unsaturated/α-hetero) is 4. The van der Waals surface area contributed by atoms with Gasteiger partial charge in [-0.2, -0.15) is 0 Å². The Bertz CT molecular complexity index is 1320. The van der Waals surface area contributed by atoms with E-state index in [0.29, 0.717) is 31.7 Å². The van der Waals surface area contributed by atoms with Crippen LogP contribution in [0.25, 0.3) is 0 Å². The van der Waals surface area contributed by atoms with Crippen molar-refractivity contribution in [2.75, 3.05) is 6.54 Å². The molecule has 2 heterocycles. The highest BCUT2D eigenvalue weighted by atomic mass is 16.2. The number of rotatable bonds is 19. The van der Waals surface area contributed by atoms with E-state index in [1.54, 1.807) is 4.90 Å². The van der Waals surface area contributed by atoms with Gasteiger partial charge in [-0.15, -0.1) is 0 Å². The molecule has 270 valence electrons. The van der Waals surface area contributed by atoms with Crippen molar-refractivity contribution in [1.82, 2.24) is 20.2 Å². The van der Waals surface area contributed by atoms with Crippen molar-refractivity contribution in [2.24, 2.45) is 41.4 Å². The molecule has 0 spiro atoms. The van der Waals surface area contributed by atoms with Crippen molar-refractivity contribution in [1.29, 1.82) is 0 Å².